The Hall–Kier alpha value is -0.130. The van der Waals surface area contributed by atoms with E-state index < -0.39 is 9.84 Å². The van der Waals surface area contributed by atoms with Crippen LogP contribution in [-0.2, 0) is 9.84 Å². The molecule has 0 radical (unpaired) electrons. The van der Waals surface area contributed by atoms with E-state index >= 15 is 0 Å². The second kappa shape index (κ2) is 6.71. The van der Waals surface area contributed by atoms with Crippen molar-refractivity contribution in [3.63, 3.8) is 0 Å². The van der Waals surface area contributed by atoms with Crippen molar-refractivity contribution in [1.82, 2.24) is 10.2 Å². The summed E-state index contributed by atoms with van der Waals surface area (Å²) >= 11 is 0. The number of rotatable bonds is 8. The van der Waals surface area contributed by atoms with Crippen molar-refractivity contribution in [2.45, 2.75) is 44.7 Å². The van der Waals surface area contributed by atoms with E-state index in [4.69, 9.17) is 0 Å². The summed E-state index contributed by atoms with van der Waals surface area (Å²) in [6.07, 6.45) is 3.97. The quantitative estimate of drug-likeness (QED) is 0.714. The molecule has 0 spiro atoms. The first-order chi connectivity index (χ1) is 7.73. The van der Waals surface area contributed by atoms with Crippen LogP contribution in [0.1, 0.15) is 33.1 Å². The van der Waals surface area contributed by atoms with Gasteiger partial charge in [0.15, 0.2) is 0 Å². The van der Waals surface area contributed by atoms with Gasteiger partial charge in [-0.15, -0.1) is 0 Å². The van der Waals surface area contributed by atoms with Crippen molar-refractivity contribution in [3.8, 4) is 0 Å². The van der Waals surface area contributed by atoms with Crippen LogP contribution in [0, 0.1) is 0 Å². The molecular formula is C12H28N2O2S. The fourth-order valence-corrected chi connectivity index (χ4v) is 3.36. The van der Waals surface area contributed by atoms with Crippen LogP contribution < -0.4 is 5.32 Å². The summed E-state index contributed by atoms with van der Waals surface area (Å²) in [5.41, 5.74) is 0.0272. The molecule has 4 nitrogen and oxygen atoms in total. The third-order valence-electron chi connectivity index (χ3n) is 3.89. The van der Waals surface area contributed by atoms with Crippen molar-refractivity contribution >= 4 is 9.84 Å². The maximum Gasteiger partial charge on any atom is 0.147 e. The van der Waals surface area contributed by atoms with Gasteiger partial charge in [0.25, 0.3) is 0 Å². The fraction of sp³-hybridized carbons (Fsp3) is 1.00. The Morgan fingerprint density at radius 2 is 1.71 bits per heavy atom. The molecule has 0 fully saturated rings. The second-order valence-electron chi connectivity index (χ2n) is 4.96. The normalized spacial score (nSPS) is 15.2. The summed E-state index contributed by atoms with van der Waals surface area (Å²) < 4.78 is 22.6. The van der Waals surface area contributed by atoms with Gasteiger partial charge in [0, 0.05) is 17.8 Å². The number of likely N-dealkylation sites (N-methyl/N-ethyl adjacent to an activating group) is 2. The number of nitrogens with zero attached hydrogens (tertiary/aromatic N) is 1. The van der Waals surface area contributed by atoms with Crippen LogP contribution in [0.4, 0.5) is 0 Å². The van der Waals surface area contributed by atoms with E-state index in [2.05, 4.69) is 38.2 Å². The molecule has 0 aromatic heterocycles. The van der Waals surface area contributed by atoms with Gasteiger partial charge in [-0.05, 0) is 40.4 Å². The third-order valence-corrected chi connectivity index (χ3v) is 4.87. The van der Waals surface area contributed by atoms with Gasteiger partial charge in [0.2, 0.25) is 0 Å². The van der Waals surface area contributed by atoms with E-state index in [-0.39, 0.29) is 17.3 Å². The molecule has 0 amide bonds. The summed E-state index contributed by atoms with van der Waals surface area (Å²) in [4.78, 5) is 2.22. The molecule has 1 unspecified atom stereocenters. The van der Waals surface area contributed by atoms with E-state index in [0.717, 1.165) is 12.8 Å². The molecular weight excluding hydrogens is 236 g/mol. The largest absolute Gasteiger partial charge is 0.315 e. The summed E-state index contributed by atoms with van der Waals surface area (Å²) in [5.74, 6) is 0.244. The Labute approximate surface area is 107 Å². The standard InChI is InChI=1S/C12H28N2O2S/c1-7-12(8-2,14(4)5)11(13-3)9-10-17(6,15)16/h11,13H,7-10H2,1-6H3. The summed E-state index contributed by atoms with van der Waals surface area (Å²) in [7, 11) is 3.16. The Morgan fingerprint density at radius 3 is 1.94 bits per heavy atom. The molecule has 1 N–H and O–H groups in total. The molecule has 0 rings (SSSR count). The number of sulfone groups is 1. The van der Waals surface area contributed by atoms with Gasteiger partial charge in [-0.3, -0.25) is 0 Å². The highest BCUT2D eigenvalue weighted by Gasteiger charge is 2.36. The van der Waals surface area contributed by atoms with Crippen LogP contribution >= 0.6 is 0 Å². The first kappa shape index (κ1) is 16.9. The average Bonchev–Trinajstić information content (AvgIpc) is 2.22. The summed E-state index contributed by atoms with van der Waals surface area (Å²) in [6, 6.07) is 0.197. The predicted octanol–water partition coefficient (Wildman–Crippen LogP) is 1.13. The van der Waals surface area contributed by atoms with Gasteiger partial charge < -0.3 is 10.2 Å². The second-order valence-corrected chi connectivity index (χ2v) is 7.22. The zero-order chi connectivity index (χ0) is 13.7. The SMILES string of the molecule is CCC(CC)(C(CCS(C)(=O)=O)NC)N(C)C. The van der Waals surface area contributed by atoms with Crippen LogP contribution in [0.15, 0.2) is 0 Å². The highest BCUT2D eigenvalue weighted by molar-refractivity contribution is 7.90. The van der Waals surface area contributed by atoms with E-state index in [0.29, 0.717) is 6.42 Å². The third kappa shape index (κ3) is 4.56. The Bertz CT molecular complexity index is 308. The van der Waals surface area contributed by atoms with E-state index in [1.54, 1.807) is 0 Å². The van der Waals surface area contributed by atoms with Crippen LogP contribution in [0.5, 0.6) is 0 Å². The lowest BCUT2D eigenvalue weighted by molar-refractivity contribution is 0.0903. The van der Waals surface area contributed by atoms with Crippen molar-refractivity contribution < 1.29 is 8.42 Å². The topological polar surface area (TPSA) is 49.4 Å². The molecule has 0 saturated carbocycles. The molecule has 5 heteroatoms. The molecule has 0 bridgehead atoms. The van der Waals surface area contributed by atoms with E-state index in [1.165, 1.54) is 6.26 Å². The Morgan fingerprint density at radius 1 is 1.24 bits per heavy atom. The van der Waals surface area contributed by atoms with Crippen LogP contribution in [0.2, 0.25) is 0 Å². The molecule has 0 heterocycles. The molecule has 0 aromatic rings. The minimum atomic E-state index is -2.89. The molecule has 17 heavy (non-hydrogen) atoms. The van der Waals surface area contributed by atoms with Crippen LogP contribution in [0.3, 0.4) is 0 Å². The van der Waals surface area contributed by atoms with Crippen molar-refractivity contribution in [2.75, 3.05) is 33.2 Å². The van der Waals surface area contributed by atoms with Crippen molar-refractivity contribution in [1.29, 1.82) is 0 Å². The smallest absolute Gasteiger partial charge is 0.147 e. The number of hydrogen-bond acceptors (Lipinski definition) is 4. The van der Waals surface area contributed by atoms with Crippen molar-refractivity contribution in [3.05, 3.63) is 0 Å². The zero-order valence-corrected chi connectivity index (χ0v) is 12.9. The van der Waals surface area contributed by atoms with Gasteiger partial charge in [0.1, 0.15) is 9.84 Å². The zero-order valence-electron chi connectivity index (χ0n) is 12.1. The molecule has 0 aliphatic heterocycles. The van der Waals surface area contributed by atoms with Gasteiger partial charge in [-0.2, -0.15) is 0 Å². The minimum absolute atomic E-state index is 0.0272. The Kier molecular flexibility index (Phi) is 6.66. The van der Waals surface area contributed by atoms with Gasteiger partial charge in [-0.25, -0.2) is 8.42 Å². The molecule has 0 aromatic carbocycles. The maximum atomic E-state index is 11.3. The number of hydrogen-bond donors (Lipinski definition) is 1. The molecule has 0 aliphatic rings. The average molecular weight is 264 g/mol. The van der Waals surface area contributed by atoms with Crippen LogP contribution in [0.25, 0.3) is 0 Å². The highest BCUT2D eigenvalue weighted by atomic mass is 32.2. The van der Waals surface area contributed by atoms with Crippen molar-refractivity contribution in [2.24, 2.45) is 0 Å². The first-order valence-electron chi connectivity index (χ1n) is 6.26. The molecule has 104 valence electrons. The molecule has 0 saturated heterocycles. The fourth-order valence-electron chi connectivity index (χ4n) is 2.70. The first-order valence-corrected chi connectivity index (χ1v) is 8.32. The van der Waals surface area contributed by atoms with Gasteiger partial charge >= 0.3 is 0 Å². The predicted molar refractivity (Wildman–Crippen MR) is 74.2 cm³/mol. The maximum absolute atomic E-state index is 11.3. The highest BCUT2D eigenvalue weighted by Crippen LogP contribution is 2.27. The van der Waals surface area contributed by atoms with Gasteiger partial charge in [-0.1, -0.05) is 13.8 Å². The number of nitrogens with one attached hydrogen (secondary N) is 1. The molecule has 1 atom stereocenters. The summed E-state index contributed by atoms with van der Waals surface area (Å²) in [5, 5.41) is 3.29. The molecule has 0 aliphatic carbocycles. The lowest BCUT2D eigenvalue weighted by Gasteiger charge is -2.45. The van der Waals surface area contributed by atoms with Gasteiger partial charge in [0.05, 0.1) is 5.75 Å². The monoisotopic (exact) mass is 264 g/mol. The van der Waals surface area contributed by atoms with E-state index in [1.807, 2.05) is 7.05 Å². The Balaban J connectivity index is 4.92. The lowest BCUT2D eigenvalue weighted by atomic mass is 9.82. The minimum Gasteiger partial charge on any atom is -0.315 e. The van der Waals surface area contributed by atoms with Crippen LogP contribution in [-0.4, -0.2) is 58.1 Å². The lowest BCUT2D eigenvalue weighted by Crippen LogP contribution is -2.58. The summed E-state index contributed by atoms with van der Waals surface area (Å²) in [6.45, 7) is 4.32. The van der Waals surface area contributed by atoms with E-state index in [9.17, 15) is 8.42 Å².